The Balaban J connectivity index is 1.64. The van der Waals surface area contributed by atoms with Crippen LogP contribution in [0.5, 0.6) is 11.5 Å². The van der Waals surface area contributed by atoms with Gasteiger partial charge in [0.2, 0.25) is 5.78 Å². The molecule has 0 saturated heterocycles. The molecule has 9 heteroatoms. The van der Waals surface area contributed by atoms with E-state index in [1.807, 2.05) is 0 Å². The van der Waals surface area contributed by atoms with E-state index in [2.05, 4.69) is 0 Å². The van der Waals surface area contributed by atoms with E-state index in [9.17, 15) is 39.6 Å². The normalized spacial score (nSPS) is 25.6. The summed E-state index contributed by atoms with van der Waals surface area (Å²) in [5, 5.41) is 45.0. The number of Topliss-reactive ketones (excluding diaryl/α,β-unsaturated/α-hetero) is 3. The molecule has 0 aromatic heterocycles. The monoisotopic (exact) mass is 560 g/mol. The number of fused-ring (bicyclic) bond motifs is 3. The highest BCUT2D eigenvalue weighted by molar-refractivity contribution is 6.25. The highest BCUT2D eigenvalue weighted by atomic mass is 16.5. The first-order valence-electron chi connectivity index (χ1n) is 13.7. The second-order valence-electron chi connectivity index (χ2n) is 11.4. The summed E-state index contributed by atoms with van der Waals surface area (Å²) in [6.07, 6.45) is 0.501. The van der Waals surface area contributed by atoms with Gasteiger partial charge in [-0.1, -0.05) is 39.0 Å². The van der Waals surface area contributed by atoms with E-state index >= 15 is 0 Å². The number of aliphatic hydroxyl groups is 3. The molecule has 9 nitrogen and oxygen atoms in total. The van der Waals surface area contributed by atoms with Crippen LogP contribution in [0.4, 0.5) is 0 Å². The van der Waals surface area contributed by atoms with Gasteiger partial charge in [-0.15, -0.1) is 0 Å². The number of phenols is 1. The minimum Gasteiger partial charge on any atom is -0.511 e. The van der Waals surface area contributed by atoms with Gasteiger partial charge in [0.05, 0.1) is 5.56 Å². The number of esters is 1. The fourth-order valence-electron chi connectivity index (χ4n) is 6.77. The first-order valence-corrected chi connectivity index (χ1v) is 13.7. The maximum Gasteiger partial charge on any atom is 0.310 e. The van der Waals surface area contributed by atoms with Crippen molar-refractivity contribution in [3.05, 3.63) is 70.2 Å². The Kier molecular flexibility index (Phi) is 6.90. The molecule has 0 heterocycles. The number of ketones is 3. The maximum atomic E-state index is 13.9. The summed E-state index contributed by atoms with van der Waals surface area (Å²) >= 11 is 0. The van der Waals surface area contributed by atoms with E-state index < -0.39 is 57.8 Å². The van der Waals surface area contributed by atoms with Gasteiger partial charge in [0.1, 0.15) is 28.6 Å². The molecule has 0 radical (unpaired) electrons. The summed E-state index contributed by atoms with van der Waals surface area (Å²) in [6, 6.07) is 9.78. The minimum absolute atomic E-state index is 0.0438. The number of carbonyl (C=O) groups excluding carboxylic acids is 4. The van der Waals surface area contributed by atoms with E-state index in [1.165, 1.54) is 6.07 Å². The Labute approximate surface area is 236 Å². The zero-order chi connectivity index (χ0) is 30.0. The van der Waals surface area contributed by atoms with Crippen LogP contribution in [0.15, 0.2) is 59.1 Å². The maximum absolute atomic E-state index is 13.9. The second kappa shape index (κ2) is 9.99. The number of rotatable bonds is 5. The summed E-state index contributed by atoms with van der Waals surface area (Å²) in [4.78, 5) is 51.4. The predicted octanol–water partition coefficient (Wildman–Crippen LogP) is 4.55. The summed E-state index contributed by atoms with van der Waals surface area (Å²) in [6.45, 7) is 6.35. The molecule has 2 aromatic carbocycles. The largest absolute Gasteiger partial charge is 0.511 e. The highest BCUT2D eigenvalue weighted by Gasteiger charge is 2.62. The van der Waals surface area contributed by atoms with Crippen LogP contribution in [0.25, 0.3) is 11.1 Å². The number of hydrogen-bond acceptors (Lipinski definition) is 9. The van der Waals surface area contributed by atoms with Crippen molar-refractivity contribution < 1.29 is 44.3 Å². The number of benzene rings is 2. The number of aromatic hydroxyl groups is 1. The summed E-state index contributed by atoms with van der Waals surface area (Å²) < 4.78 is 5.25. The Bertz CT molecular complexity index is 1560. The van der Waals surface area contributed by atoms with E-state index in [-0.39, 0.29) is 48.0 Å². The molecule has 0 amide bonds. The van der Waals surface area contributed by atoms with Gasteiger partial charge in [0, 0.05) is 23.8 Å². The number of phenolic OH excluding ortho intramolecular Hbond substituents is 1. The molecule has 0 aliphatic heterocycles. The molecule has 3 aliphatic rings. The third-order valence-electron chi connectivity index (χ3n) is 8.65. The van der Waals surface area contributed by atoms with Crippen molar-refractivity contribution in [1.82, 2.24) is 0 Å². The zero-order valence-electron chi connectivity index (χ0n) is 23.2. The average Bonchev–Trinajstić information content (AvgIpc) is 2.91. The Morgan fingerprint density at radius 3 is 2.29 bits per heavy atom. The van der Waals surface area contributed by atoms with Gasteiger partial charge >= 0.3 is 5.97 Å². The first kappa shape index (κ1) is 28.3. The Morgan fingerprint density at radius 2 is 1.71 bits per heavy atom. The molecule has 3 aliphatic carbocycles. The van der Waals surface area contributed by atoms with Crippen LogP contribution in [0, 0.1) is 23.7 Å². The van der Waals surface area contributed by atoms with E-state index in [1.54, 1.807) is 51.1 Å². The van der Waals surface area contributed by atoms with Crippen molar-refractivity contribution in [3.8, 4) is 22.6 Å². The van der Waals surface area contributed by atoms with Gasteiger partial charge in [-0.05, 0) is 66.5 Å². The van der Waals surface area contributed by atoms with Crippen LogP contribution in [-0.4, -0.2) is 49.3 Å². The smallest absolute Gasteiger partial charge is 0.310 e. The fourth-order valence-corrected chi connectivity index (χ4v) is 6.77. The molecule has 214 valence electrons. The van der Waals surface area contributed by atoms with Crippen molar-refractivity contribution >= 4 is 23.3 Å². The van der Waals surface area contributed by atoms with Crippen LogP contribution in [0.3, 0.4) is 0 Å². The van der Waals surface area contributed by atoms with Gasteiger partial charge in [0.15, 0.2) is 17.2 Å². The highest BCUT2D eigenvalue weighted by Crippen LogP contribution is 2.55. The van der Waals surface area contributed by atoms with Crippen LogP contribution in [0.1, 0.15) is 56.5 Å². The van der Waals surface area contributed by atoms with Gasteiger partial charge in [0.25, 0.3) is 0 Å². The lowest BCUT2D eigenvalue weighted by molar-refractivity contribution is -0.149. The van der Waals surface area contributed by atoms with Crippen molar-refractivity contribution in [2.75, 3.05) is 0 Å². The summed E-state index contributed by atoms with van der Waals surface area (Å²) in [5.74, 6) is -6.91. The molecule has 0 bridgehead atoms. The molecule has 4 unspecified atom stereocenters. The minimum atomic E-state index is -2.57. The molecule has 0 spiro atoms. The van der Waals surface area contributed by atoms with Gasteiger partial charge < -0.3 is 25.2 Å². The van der Waals surface area contributed by atoms with Crippen molar-refractivity contribution in [2.45, 2.75) is 52.6 Å². The third kappa shape index (κ3) is 4.18. The van der Waals surface area contributed by atoms with Crippen LogP contribution >= 0.6 is 0 Å². The topological polar surface area (TPSA) is 158 Å². The number of aliphatic hydroxyl groups excluding tert-OH is 2. The molecule has 0 fully saturated rings. The zero-order valence-corrected chi connectivity index (χ0v) is 23.2. The van der Waals surface area contributed by atoms with Crippen molar-refractivity contribution in [3.63, 3.8) is 0 Å². The molecule has 4 N–H and O–H groups in total. The van der Waals surface area contributed by atoms with Crippen LogP contribution < -0.4 is 4.74 Å². The number of carbonyl (C=O) groups is 4. The third-order valence-corrected chi connectivity index (χ3v) is 8.65. The summed E-state index contributed by atoms with van der Waals surface area (Å²) in [7, 11) is 0. The first-order chi connectivity index (χ1) is 19.3. The van der Waals surface area contributed by atoms with Crippen LogP contribution in [0.2, 0.25) is 0 Å². The lowest BCUT2D eigenvalue weighted by Gasteiger charge is -2.50. The second-order valence-corrected chi connectivity index (χ2v) is 11.4. The quantitative estimate of drug-likeness (QED) is 0.234. The molecule has 41 heavy (non-hydrogen) atoms. The van der Waals surface area contributed by atoms with Gasteiger partial charge in [-0.3, -0.25) is 19.2 Å². The van der Waals surface area contributed by atoms with Crippen LogP contribution in [-0.2, 0) is 20.8 Å². The summed E-state index contributed by atoms with van der Waals surface area (Å²) in [5.41, 5.74) is -1.47. The lowest BCUT2D eigenvalue weighted by atomic mass is 9.55. The number of allylic oxidation sites excluding steroid dienone is 2. The molecule has 0 saturated carbocycles. The number of ether oxygens (including phenoxy) is 1. The van der Waals surface area contributed by atoms with Gasteiger partial charge in [-0.2, -0.15) is 0 Å². The molecular formula is C32H32O9. The van der Waals surface area contributed by atoms with Crippen molar-refractivity contribution in [1.29, 1.82) is 0 Å². The van der Waals surface area contributed by atoms with Gasteiger partial charge in [-0.25, -0.2) is 0 Å². The Hall–Kier alpha value is -4.24. The van der Waals surface area contributed by atoms with Crippen molar-refractivity contribution in [2.24, 2.45) is 23.7 Å². The number of hydrogen-bond donors (Lipinski definition) is 4. The van der Waals surface area contributed by atoms with E-state index in [0.29, 0.717) is 22.4 Å². The predicted molar refractivity (Wildman–Crippen MR) is 147 cm³/mol. The van der Waals surface area contributed by atoms with E-state index in [4.69, 9.17) is 4.74 Å². The molecule has 2 aromatic rings. The fraction of sp³-hybridized carbons (Fsp3) is 0.375. The van der Waals surface area contributed by atoms with E-state index in [0.717, 1.165) is 6.92 Å². The molecule has 4 atom stereocenters. The Morgan fingerprint density at radius 1 is 1.05 bits per heavy atom. The molecule has 5 rings (SSSR count). The standard InChI is InChI=1S/C32H32O9/c1-5-23(35)41-18-8-6-16(7-9-18)19-10-11-22(34)27-20(19)12-17-13-21-24(14(2)3)28(36)25(15(4)33)30(38)32(21,40)31(39)26(17)29(27)37/h6-11,14,17,21,24,34,36,39-40H,5,12-13H2,1-4H3. The SMILES string of the molecule is CCC(=O)Oc1ccc(-c2ccc(O)c3c2CC2CC4C(C(C)C)C(O)=C(C(C)=O)C(=O)C4(O)C(O)=C2C3=O)cc1. The lowest BCUT2D eigenvalue weighted by Crippen LogP contribution is -2.60. The molecular weight excluding hydrogens is 528 g/mol. The average molecular weight is 561 g/mol.